The van der Waals surface area contributed by atoms with E-state index < -0.39 is 17.8 Å². The van der Waals surface area contributed by atoms with Gasteiger partial charge in [0.15, 0.2) is 0 Å². The summed E-state index contributed by atoms with van der Waals surface area (Å²) in [5.74, 6) is -1.32. The molecule has 0 atom stereocenters. The Hall–Kier alpha value is -3.93. The van der Waals surface area contributed by atoms with Crippen molar-refractivity contribution in [2.24, 2.45) is 0 Å². The molecule has 6 nitrogen and oxygen atoms in total. The molecule has 2 aromatic carbocycles. The van der Waals surface area contributed by atoms with Gasteiger partial charge in [0.1, 0.15) is 5.57 Å². The number of amides is 4. The van der Waals surface area contributed by atoms with Gasteiger partial charge in [0.25, 0.3) is 11.8 Å². The summed E-state index contributed by atoms with van der Waals surface area (Å²) >= 11 is 0. The van der Waals surface area contributed by atoms with Crippen molar-refractivity contribution < 1.29 is 14.4 Å². The molecule has 6 heteroatoms. The van der Waals surface area contributed by atoms with Crippen LogP contribution >= 0.6 is 0 Å². The van der Waals surface area contributed by atoms with E-state index in [2.05, 4.69) is 41.9 Å². The van der Waals surface area contributed by atoms with E-state index in [0.29, 0.717) is 5.69 Å². The number of imide groups is 2. The second-order valence-corrected chi connectivity index (χ2v) is 8.34. The number of aryl methyl sites for hydroxylation is 4. The number of nitrogens with one attached hydrogen (secondary N) is 1. The van der Waals surface area contributed by atoms with E-state index in [1.54, 1.807) is 18.2 Å². The molecule has 4 amide bonds. The third-order valence-corrected chi connectivity index (χ3v) is 6.15. The summed E-state index contributed by atoms with van der Waals surface area (Å²) in [6.07, 6.45) is 2.47. The number of aromatic nitrogens is 1. The molecule has 1 fully saturated rings. The van der Waals surface area contributed by atoms with Crippen molar-refractivity contribution in [3.05, 3.63) is 87.7 Å². The lowest BCUT2D eigenvalue weighted by atomic mass is 10.0. The molecule has 0 aliphatic carbocycles. The van der Waals surface area contributed by atoms with Crippen LogP contribution < -0.4 is 10.2 Å². The van der Waals surface area contributed by atoms with Gasteiger partial charge in [-0.2, -0.15) is 0 Å². The number of barbiturate groups is 1. The Balaban J connectivity index is 1.82. The van der Waals surface area contributed by atoms with Crippen LogP contribution in [0, 0.1) is 27.7 Å². The summed E-state index contributed by atoms with van der Waals surface area (Å²) in [5, 5.41) is 2.31. The van der Waals surface area contributed by atoms with Gasteiger partial charge >= 0.3 is 6.03 Å². The lowest BCUT2D eigenvalue weighted by Gasteiger charge is -2.27. The largest absolute Gasteiger partial charge is 0.335 e. The standard InChI is InChI=1S/C27H27N3O3/c1-6-20-12-9-11-17(3)24(20)29-18(4)14-21(19(29)5)15-22-25(31)28-27(33)30(26(22)32)23-13-8-7-10-16(23)2/h7-15H,6H2,1-5H3,(H,28,31,33)/b22-15+. The van der Waals surface area contributed by atoms with E-state index >= 15 is 0 Å². The molecule has 1 aromatic heterocycles. The zero-order valence-electron chi connectivity index (χ0n) is 19.5. The molecule has 3 aromatic rings. The van der Waals surface area contributed by atoms with Crippen LogP contribution in [0.4, 0.5) is 10.5 Å². The molecule has 0 spiro atoms. The fraction of sp³-hybridized carbons (Fsp3) is 0.222. The molecule has 2 heterocycles. The minimum Gasteiger partial charge on any atom is -0.317 e. The minimum atomic E-state index is -0.741. The first-order valence-corrected chi connectivity index (χ1v) is 11.0. The van der Waals surface area contributed by atoms with E-state index in [-0.39, 0.29) is 5.57 Å². The van der Waals surface area contributed by atoms with Gasteiger partial charge in [0, 0.05) is 11.4 Å². The van der Waals surface area contributed by atoms with Crippen LogP contribution in [0.2, 0.25) is 0 Å². The van der Waals surface area contributed by atoms with Gasteiger partial charge in [-0.15, -0.1) is 0 Å². The zero-order chi connectivity index (χ0) is 23.9. The molecular weight excluding hydrogens is 414 g/mol. The average molecular weight is 442 g/mol. The topological polar surface area (TPSA) is 71.4 Å². The molecule has 1 N–H and O–H groups in total. The fourth-order valence-electron chi connectivity index (χ4n) is 4.45. The third-order valence-electron chi connectivity index (χ3n) is 6.15. The molecule has 0 bridgehead atoms. The van der Waals surface area contributed by atoms with Crippen LogP contribution in [-0.4, -0.2) is 22.4 Å². The molecule has 4 rings (SSSR count). The second-order valence-electron chi connectivity index (χ2n) is 8.34. The first kappa shape index (κ1) is 22.3. The Kier molecular flexibility index (Phi) is 5.77. The minimum absolute atomic E-state index is 0.0707. The molecule has 1 aliphatic heterocycles. The van der Waals surface area contributed by atoms with Crippen LogP contribution in [0.25, 0.3) is 11.8 Å². The van der Waals surface area contributed by atoms with E-state index in [4.69, 9.17) is 0 Å². The summed E-state index contributed by atoms with van der Waals surface area (Å²) < 4.78 is 2.16. The van der Waals surface area contributed by atoms with Crippen molar-refractivity contribution >= 4 is 29.6 Å². The highest BCUT2D eigenvalue weighted by molar-refractivity contribution is 6.39. The number of nitrogens with zero attached hydrogens (tertiary/aromatic N) is 2. The predicted molar refractivity (Wildman–Crippen MR) is 130 cm³/mol. The van der Waals surface area contributed by atoms with Gasteiger partial charge in [-0.1, -0.05) is 43.3 Å². The average Bonchev–Trinajstić information content (AvgIpc) is 3.05. The Morgan fingerprint density at radius 1 is 0.909 bits per heavy atom. The SMILES string of the molecule is CCc1cccc(C)c1-n1c(C)cc(/C=C2\C(=O)NC(=O)N(c3ccccc3C)C2=O)c1C. The van der Waals surface area contributed by atoms with Crippen LogP contribution in [0.15, 0.2) is 54.1 Å². The van der Waals surface area contributed by atoms with E-state index in [1.807, 2.05) is 39.0 Å². The van der Waals surface area contributed by atoms with Crippen molar-refractivity contribution in [2.75, 3.05) is 4.90 Å². The lowest BCUT2D eigenvalue weighted by Crippen LogP contribution is -2.54. The second kappa shape index (κ2) is 8.54. The molecule has 0 saturated carbocycles. The quantitative estimate of drug-likeness (QED) is 0.460. The van der Waals surface area contributed by atoms with Crippen molar-refractivity contribution in [2.45, 2.75) is 41.0 Å². The van der Waals surface area contributed by atoms with E-state index in [0.717, 1.165) is 45.1 Å². The number of rotatable bonds is 4. The number of anilines is 1. The Morgan fingerprint density at radius 3 is 2.30 bits per heavy atom. The van der Waals surface area contributed by atoms with Crippen molar-refractivity contribution in [3.63, 3.8) is 0 Å². The van der Waals surface area contributed by atoms with E-state index in [1.165, 1.54) is 5.56 Å². The van der Waals surface area contributed by atoms with Crippen LogP contribution in [0.5, 0.6) is 0 Å². The Labute approximate surface area is 193 Å². The first-order chi connectivity index (χ1) is 15.7. The van der Waals surface area contributed by atoms with Crippen molar-refractivity contribution in [1.82, 2.24) is 9.88 Å². The maximum absolute atomic E-state index is 13.3. The number of urea groups is 1. The number of benzene rings is 2. The molecular formula is C27H27N3O3. The monoisotopic (exact) mass is 441 g/mol. The highest BCUT2D eigenvalue weighted by Gasteiger charge is 2.37. The molecule has 1 aliphatic rings. The summed E-state index contributed by atoms with van der Waals surface area (Å²) in [5.41, 5.74) is 7.32. The highest BCUT2D eigenvalue weighted by atomic mass is 16.2. The van der Waals surface area contributed by atoms with Gasteiger partial charge in [-0.25, -0.2) is 9.69 Å². The molecule has 168 valence electrons. The van der Waals surface area contributed by atoms with Gasteiger partial charge in [-0.3, -0.25) is 14.9 Å². The zero-order valence-corrected chi connectivity index (χ0v) is 19.5. The maximum Gasteiger partial charge on any atom is 0.335 e. The molecule has 33 heavy (non-hydrogen) atoms. The summed E-state index contributed by atoms with van der Waals surface area (Å²) in [6, 6.07) is 14.6. The Morgan fingerprint density at radius 2 is 1.61 bits per heavy atom. The molecule has 1 saturated heterocycles. The number of hydrogen-bond acceptors (Lipinski definition) is 3. The molecule has 0 radical (unpaired) electrons. The maximum atomic E-state index is 13.3. The lowest BCUT2D eigenvalue weighted by molar-refractivity contribution is -0.122. The number of hydrogen-bond donors (Lipinski definition) is 1. The number of para-hydroxylation sites is 2. The fourth-order valence-corrected chi connectivity index (χ4v) is 4.45. The van der Waals surface area contributed by atoms with Crippen molar-refractivity contribution in [3.8, 4) is 5.69 Å². The summed E-state index contributed by atoms with van der Waals surface area (Å²) in [4.78, 5) is 39.5. The predicted octanol–water partition coefficient (Wildman–Crippen LogP) is 4.94. The number of carbonyl (C=O) groups is 3. The molecule has 0 unspecified atom stereocenters. The van der Waals surface area contributed by atoms with Gasteiger partial charge in [-0.05, 0) is 74.6 Å². The Bertz CT molecular complexity index is 1330. The third kappa shape index (κ3) is 3.78. The summed E-state index contributed by atoms with van der Waals surface area (Å²) in [6.45, 7) is 10.00. The van der Waals surface area contributed by atoms with Gasteiger partial charge in [0.2, 0.25) is 0 Å². The van der Waals surface area contributed by atoms with Gasteiger partial charge in [0.05, 0.1) is 11.4 Å². The smallest absolute Gasteiger partial charge is 0.317 e. The normalized spacial score (nSPS) is 15.4. The van der Waals surface area contributed by atoms with Crippen molar-refractivity contribution in [1.29, 1.82) is 0 Å². The highest BCUT2D eigenvalue weighted by Crippen LogP contribution is 2.29. The van der Waals surface area contributed by atoms with Gasteiger partial charge < -0.3 is 4.57 Å². The van der Waals surface area contributed by atoms with Crippen LogP contribution in [0.1, 0.15) is 40.6 Å². The summed E-state index contributed by atoms with van der Waals surface area (Å²) in [7, 11) is 0. The van der Waals surface area contributed by atoms with E-state index in [9.17, 15) is 14.4 Å². The number of carbonyl (C=O) groups excluding carboxylic acids is 3. The first-order valence-electron chi connectivity index (χ1n) is 11.0. The van der Waals surface area contributed by atoms with Crippen LogP contribution in [0.3, 0.4) is 0 Å². The van der Waals surface area contributed by atoms with Crippen LogP contribution in [-0.2, 0) is 16.0 Å².